The Balaban J connectivity index is 2.60. The molecule has 0 N–H and O–H groups in total. The maximum atomic E-state index is 10.5. The molecule has 18 heavy (non-hydrogen) atoms. The van der Waals surface area contributed by atoms with Crippen molar-refractivity contribution in [1.82, 2.24) is 0 Å². The van der Waals surface area contributed by atoms with Crippen molar-refractivity contribution in [3.63, 3.8) is 0 Å². The molecule has 6 nitrogen and oxygen atoms in total. The van der Waals surface area contributed by atoms with Gasteiger partial charge in [0.15, 0.2) is 0 Å². The Morgan fingerprint density at radius 1 is 1.61 bits per heavy atom. The molecule has 0 amide bonds. The molecule has 1 unspecified atom stereocenters. The van der Waals surface area contributed by atoms with E-state index in [1.165, 1.54) is 24.3 Å². The zero-order valence-corrected chi connectivity index (χ0v) is 10.9. The monoisotopic (exact) mass is 282 g/mol. The summed E-state index contributed by atoms with van der Waals surface area (Å²) >= 11 is 5.92. The highest BCUT2D eigenvalue weighted by atomic mass is 32.2. The number of ether oxygens (including phenoxy) is 1. The number of nitro groups is 1. The van der Waals surface area contributed by atoms with Gasteiger partial charge in [0.2, 0.25) is 6.19 Å². The van der Waals surface area contributed by atoms with Gasteiger partial charge < -0.3 is 17.4 Å². The standard InChI is InChI=1S/C10H9N3O3S2/c1-7(18-10(17)12-6-11)16-9-4-2-8(3-5-9)13(14)15/h2-5,7H,1H3,(H,12,17)/p-1. The van der Waals surface area contributed by atoms with E-state index in [1.54, 1.807) is 13.1 Å². The average molecular weight is 282 g/mol. The Hall–Kier alpha value is -1.85. The van der Waals surface area contributed by atoms with Crippen LogP contribution in [0.15, 0.2) is 29.3 Å². The molecule has 0 bridgehead atoms. The van der Waals surface area contributed by atoms with Crippen molar-refractivity contribution in [2.24, 2.45) is 4.99 Å². The van der Waals surface area contributed by atoms with Crippen LogP contribution in [0.1, 0.15) is 6.92 Å². The van der Waals surface area contributed by atoms with E-state index >= 15 is 0 Å². The Morgan fingerprint density at radius 3 is 2.72 bits per heavy atom. The number of aliphatic imine (C=N–C) groups is 1. The van der Waals surface area contributed by atoms with Crippen LogP contribution in [0.25, 0.3) is 0 Å². The van der Waals surface area contributed by atoms with Crippen LogP contribution in [-0.2, 0) is 12.6 Å². The molecule has 0 heterocycles. The third-order valence-electron chi connectivity index (χ3n) is 1.76. The van der Waals surface area contributed by atoms with Gasteiger partial charge in [-0.1, -0.05) is 11.8 Å². The van der Waals surface area contributed by atoms with Crippen LogP contribution in [0.2, 0.25) is 0 Å². The highest BCUT2D eigenvalue weighted by Gasteiger charge is 2.07. The van der Waals surface area contributed by atoms with E-state index in [0.717, 1.165) is 11.8 Å². The lowest BCUT2D eigenvalue weighted by Crippen LogP contribution is -2.09. The second-order valence-corrected chi connectivity index (χ2v) is 4.96. The number of hydrogen-bond donors (Lipinski definition) is 0. The lowest BCUT2D eigenvalue weighted by molar-refractivity contribution is -0.384. The van der Waals surface area contributed by atoms with Crippen LogP contribution in [0.4, 0.5) is 5.69 Å². The van der Waals surface area contributed by atoms with Gasteiger partial charge in [-0.2, -0.15) is 10.3 Å². The Kier molecular flexibility index (Phi) is 5.35. The largest absolute Gasteiger partial charge is 0.752 e. The van der Waals surface area contributed by atoms with Gasteiger partial charge >= 0.3 is 0 Å². The maximum absolute atomic E-state index is 10.5. The molecule has 1 aromatic rings. The molecule has 0 radical (unpaired) electrons. The number of rotatable bonds is 4. The lowest BCUT2D eigenvalue weighted by atomic mass is 10.3. The van der Waals surface area contributed by atoms with E-state index in [4.69, 9.17) is 22.6 Å². The topological polar surface area (TPSA) is 88.5 Å². The third-order valence-corrected chi connectivity index (χ3v) is 2.86. The van der Waals surface area contributed by atoms with Gasteiger partial charge in [0.1, 0.15) is 11.2 Å². The fourth-order valence-electron chi connectivity index (χ4n) is 1.07. The fourth-order valence-corrected chi connectivity index (χ4v) is 2.06. The third kappa shape index (κ3) is 4.57. The molecule has 8 heteroatoms. The number of hydrogen-bond acceptors (Lipinski definition) is 7. The molecular weight excluding hydrogens is 274 g/mol. The van der Waals surface area contributed by atoms with E-state index in [2.05, 4.69) is 4.99 Å². The predicted octanol–water partition coefficient (Wildman–Crippen LogP) is 2.44. The Labute approximate surface area is 113 Å². The minimum atomic E-state index is -0.483. The van der Waals surface area contributed by atoms with Crippen LogP contribution in [0, 0.1) is 21.6 Å². The molecule has 1 rings (SSSR count). The normalized spacial score (nSPS) is 12.6. The summed E-state index contributed by atoms with van der Waals surface area (Å²) in [6.07, 6.45) is 1.59. The average Bonchev–Trinajstić information content (AvgIpc) is 2.29. The molecule has 0 saturated heterocycles. The van der Waals surface area contributed by atoms with E-state index in [1.807, 2.05) is 0 Å². The molecule has 94 valence electrons. The minimum Gasteiger partial charge on any atom is -0.752 e. The second-order valence-electron chi connectivity index (χ2n) is 3.03. The summed E-state index contributed by atoms with van der Waals surface area (Å²) in [4.78, 5) is 13.3. The molecule has 0 saturated carbocycles. The van der Waals surface area contributed by atoms with Gasteiger partial charge in [0.25, 0.3) is 5.69 Å². The summed E-state index contributed by atoms with van der Waals surface area (Å²) in [5.41, 5.74) is -0.339. The number of non-ortho nitro benzene ring substituents is 1. The van der Waals surface area contributed by atoms with Crippen LogP contribution in [0.5, 0.6) is 5.75 Å². The predicted molar refractivity (Wildman–Crippen MR) is 71.2 cm³/mol. The molecule has 0 aliphatic carbocycles. The van der Waals surface area contributed by atoms with Gasteiger partial charge in [-0.15, -0.1) is 0 Å². The van der Waals surface area contributed by atoms with Gasteiger partial charge in [-0.05, 0) is 23.4 Å². The zero-order valence-electron chi connectivity index (χ0n) is 9.27. The summed E-state index contributed by atoms with van der Waals surface area (Å²) in [5.74, 6) is 0.486. The molecular formula is C10H8N3O3S2-. The van der Waals surface area contributed by atoms with Crippen molar-refractivity contribution < 1.29 is 9.66 Å². The molecule has 0 aliphatic rings. The summed E-state index contributed by atoms with van der Waals surface area (Å²) in [6, 6.07) is 5.70. The number of benzene rings is 1. The first-order valence-electron chi connectivity index (χ1n) is 4.74. The Bertz CT molecular complexity index is 496. The van der Waals surface area contributed by atoms with Crippen molar-refractivity contribution in [2.45, 2.75) is 12.4 Å². The number of nitrogens with zero attached hydrogens (tertiary/aromatic N) is 3. The molecule has 0 spiro atoms. The summed E-state index contributed by atoms with van der Waals surface area (Å²) < 4.78 is 5.64. The van der Waals surface area contributed by atoms with E-state index in [0.29, 0.717) is 5.75 Å². The molecule has 1 atom stereocenters. The molecule has 1 aromatic carbocycles. The fraction of sp³-hybridized carbons (Fsp3) is 0.200. The van der Waals surface area contributed by atoms with Gasteiger partial charge in [0.05, 0.1) is 4.92 Å². The lowest BCUT2D eigenvalue weighted by Gasteiger charge is -2.16. The van der Waals surface area contributed by atoms with Crippen LogP contribution < -0.4 is 4.74 Å². The van der Waals surface area contributed by atoms with E-state index < -0.39 is 4.92 Å². The quantitative estimate of drug-likeness (QED) is 0.160. The second kappa shape index (κ2) is 6.78. The van der Waals surface area contributed by atoms with Gasteiger partial charge in [-0.25, -0.2) is 0 Å². The summed E-state index contributed by atoms with van der Waals surface area (Å²) in [7, 11) is 0. The summed E-state index contributed by atoms with van der Waals surface area (Å²) in [5, 5.41) is 18.8. The first kappa shape index (κ1) is 14.2. The first-order valence-corrected chi connectivity index (χ1v) is 6.03. The highest BCUT2D eigenvalue weighted by Crippen LogP contribution is 2.22. The minimum absolute atomic E-state index is 0.00217. The van der Waals surface area contributed by atoms with Crippen LogP contribution >= 0.6 is 11.8 Å². The van der Waals surface area contributed by atoms with Crippen molar-refractivity contribution in [2.75, 3.05) is 0 Å². The number of nitro benzene ring substituents is 1. The van der Waals surface area contributed by atoms with Crippen molar-refractivity contribution in [3.8, 4) is 11.9 Å². The SMILES string of the molecule is CC(Oc1ccc([N+](=O)[O-])cc1)SC([S-])=NC#N. The molecule has 0 fully saturated rings. The van der Waals surface area contributed by atoms with E-state index in [9.17, 15) is 10.1 Å². The smallest absolute Gasteiger partial charge is 0.269 e. The van der Waals surface area contributed by atoms with Crippen LogP contribution in [-0.4, -0.2) is 14.7 Å². The molecule has 0 aromatic heterocycles. The van der Waals surface area contributed by atoms with E-state index in [-0.39, 0.29) is 15.5 Å². The summed E-state index contributed by atoms with van der Waals surface area (Å²) in [6.45, 7) is 1.74. The highest BCUT2D eigenvalue weighted by molar-refractivity contribution is 8.27. The van der Waals surface area contributed by atoms with Crippen molar-refractivity contribution in [3.05, 3.63) is 34.4 Å². The van der Waals surface area contributed by atoms with Crippen LogP contribution in [0.3, 0.4) is 0 Å². The van der Waals surface area contributed by atoms with Gasteiger partial charge in [0, 0.05) is 12.1 Å². The Morgan fingerprint density at radius 2 is 2.22 bits per heavy atom. The number of thioether (sulfide) groups is 1. The zero-order chi connectivity index (χ0) is 13.5. The molecule has 0 aliphatic heterocycles. The van der Waals surface area contributed by atoms with Gasteiger partial charge in [-0.3, -0.25) is 10.1 Å². The van der Waals surface area contributed by atoms with Crippen molar-refractivity contribution in [1.29, 1.82) is 5.26 Å². The van der Waals surface area contributed by atoms with Crippen molar-refractivity contribution >= 4 is 34.5 Å². The maximum Gasteiger partial charge on any atom is 0.269 e. The first-order chi connectivity index (χ1) is 8.52. The number of nitriles is 1.